The normalized spacial score (nSPS) is 12.8. The lowest BCUT2D eigenvalue weighted by molar-refractivity contribution is -0.145. The van der Waals surface area contributed by atoms with Crippen molar-refractivity contribution in [3.63, 3.8) is 0 Å². The van der Waals surface area contributed by atoms with Gasteiger partial charge in [0.05, 0.1) is 5.39 Å². The van der Waals surface area contributed by atoms with E-state index in [1.165, 1.54) is 23.0 Å². The number of benzene rings is 1. The van der Waals surface area contributed by atoms with Gasteiger partial charge in [0.15, 0.2) is 5.65 Å². The third-order valence-electron chi connectivity index (χ3n) is 5.25. The van der Waals surface area contributed by atoms with Crippen molar-refractivity contribution in [2.45, 2.75) is 46.7 Å². The van der Waals surface area contributed by atoms with Crippen LogP contribution in [-0.2, 0) is 6.18 Å². The number of hydrogen-bond acceptors (Lipinski definition) is 4. The van der Waals surface area contributed by atoms with Gasteiger partial charge < -0.3 is 10.2 Å². The third kappa shape index (κ3) is 4.84. The Balaban J connectivity index is 1.93. The molecule has 1 N–H and O–H groups in total. The van der Waals surface area contributed by atoms with Crippen molar-refractivity contribution in [1.29, 1.82) is 0 Å². The number of pyridine rings is 1. The molecule has 1 aromatic carbocycles. The number of rotatable bonds is 7. The monoisotopic (exact) mass is 431 g/mol. The summed E-state index contributed by atoms with van der Waals surface area (Å²) in [7, 11) is 2.04. The van der Waals surface area contributed by atoms with Crippen molar-refractivity contribution in [3.05, 3.63) is 59.3 Å². The summed E-state index contributed by atoms with van der Waals surface area (Å²) in [5.74, 6) is -1.02. The average Bonchev–Trinajstić information content (AvgIpc) is 3.14. The molecule has 31 heavy (non-hydrogen) atoms. The van der Waals surface area contributed by atoms with Crippen LogP contribution in [0.1, 0.15) is 46.4 Å². The third-order valence-corrected chi connectivity index (χ3v) is 5.25. The van der Waals surface area contributed by atoms with Gasteiger partial charge in [0.2, 0.25) is 5.82 Å². The molecule has 0 amide bonds. The number of nitrogens with one attached hydrogen (secondary N) is 1. The first-order chi connectivity index (χ1) is 14.6. The zero-order valence-electron chi connectivity index (χ0n) is 18.5. The van der Waals surface area contributed by atoms with Crippen LogP contribution >= 0.6 is 0 Å². The van der Waals surface area contributed by atoms with Gasteiger partial charge in [0, 0.05) is 43.8 Å². The Morgan fingerprint density at radius 1 is 1.16 bits per heavy atom. The SMILES string of the molecule is CCC(C)=C(CCNc1cccc2ccn3c(C(F)(F)F)nnc3c12)N(C)C=C(C)C. The standard InChI is InChI=1S/C23H28F3N5/c1-6-16(4)19(30(5)14-15(2)3)10-12-27-18-9-7-8-17-11-13-31-21(20(17)18)28-29-22(31)23(24,25)26/h7-9,11,13-14,27H,6,10,12H2,1-5H3. The van der Waals surface area contributed by atoms with E-state index < -0.39 is 12.0 Å². The maximum atomic E-state index is 13.3. The first-order valence-electron chi connectivity index (χ1n) is 10.3. The van der Waals surface area contributed by atoms with Crippen LogP contribution in [0.2, 0.25) is 0 Å². The molecule has 0 aliphatic heterocycles. The van der Waals surface area contributed by atoms with E-state index in [2.05, 4.69) is 54.3 Å². The molecule has 166 valence electrons. The van der Waals surface area contributed by atoms with Gasteiger partial charge in [-0.2, -0.15) is 13.2 Å². The number of fused-ring (bicyclic) bond motifs is 3. The fraction of sp³-hybridized carbons (Fsp3) is 0.391. The highest BCUT2D eigenvalue weighted by Crippen LogP contribution is 2.32. The van der Waals surface area contributed by atoms with Gasteiger partial charge >= 0.3 is 6.18 Å². The molecule has 3 rings (SSSR count). The lowest BCUT2D eigenvalue weighted by Gasteiger charge is -2.23. The minimum atomic E-state index is -4.57. The predicted molar refractivity (Wildman–Crippen MR) is 119 cm³/mol. The molecular weight excluding hydrogens is 403 g/mol. The lowest BCUT2D eigenvalue weighted by atomic mass is 10.1. The zero-order chi connectivity index (χ0) is 22.8. The van der Waals surface area contributed by atoms with Crippen LogP contribution in [0.25, 0.3) is 16.4 Å². The summed E-state index contributed by atoms with van der Waals surface area (Å²) in [6, 6.07) is 7.25. The zero-order valence-corrected chi connectivity index (χ0v) is 18.5. The summed E-state index contributed by atoms with van der Waals surface area (Å²) in [5, 5.41) is 12.1. The van der Waals surface area contributed by atoms with Crippen molar-refractivity contribution in [3.8, 4) is 0 Å². The highest BCUT2D eigenvalue weighted by atomic mass is 19.4. The molecular formula is C23H28F3N5. The first-order valence-corrected chi connectivity index (χ1v) is 10.3. The largest absolute Gasteiger partial charge is 0.452 e. The molecule has 8 heteroatoms. The predicted octanol–water partition coefficient (Wildman–Crippen LogP) is 6.24. The molecule has 0 radical (unpaired) electrons. The molecule has 0 aliphatic carbocycles. The minimum Gasteiger partial charge on any atom is -0.384 e. The highest BCUT2D eigenvalue weighted by molar-refractivity contribution is 6.03. The van der Waals surface area contributed by atoms with Crippen LogP contribution in [0, 0.1) is 0 Å². The summed E-state index contributed by atoms with van der Waals surface area (Å²) in [6.07, 6.45) is 0.627. The second-order valence-corrected chi connectivity index (χ2v) is 7.88. The molecule has 0 saturated carbocycles. The van der Waals surface area contributed by atoms with Crippen molar-refractivity contribution >= 4 is 22.1 Å². The summed E-state index contributed by atoms with van der Waals surface area (Å²) in [5.41, 5.74) is 4.66. The van der Waals surface area contributed by atoms with Crippen molar-refractivity contribution < 1.29 is 13.2 Å². The second-order valence-electron chi connectivity index (χ2n) is 7.88. The van der Waals surface area contributed by atoms with E-state index in [0.29, 0.717) is 11.9 Å². The maximum absolute atomic E-state index is 13.3. The van der Waals surface area contributed by atoms with Crippen LogP contribution in [0.4, 0.5) is 18.9 Å². The summed E-state index contributed by atoms with van der Waals surface area (Å²) in [6.45, 7) is 9.00. The van der Waals surface area contributed by atoms with Gasteiger partial charge in [-0.25, -0.2) is 0 Å². The molecule has 0 spiro atoms. The van der Waals surface area contributed by atoms with Crippen LogP contribution in [0.3, 0.4) is 0 Å². The molecule has 0 unspecified atom stereocenters. The summed E-state index contributed by atoms with van der Waals surface area (Å²) >= 11 is 0. The molecule has 0 atom stereocenters. The van der Waals surface area contributed by atoms with Crippen molar-refractivity contribution in [2.75, 3.05) is 18.9 Å². The molecule has 0 fully saturated rings. The topological polar surface area (TPSA) is 45.5 Å². The van der Waals surface area contributed by atoms with Gasteiger partial charge in [-0.05, 0) is 44.7 Å². The Morgan fingerprint density at radius 3 is 2.55 bits per heavy atom. The fourth-order valence-corrected chi connectivity index (χ4v) is 3.73. The van der Waals surface area contributed by atoms with E-state index in [0.717, 1.165) is 28.3 Å². The molecule has 2 aromatic heterocycles. The molecule has 0 aliphatic rings. The van der Waals surface area contributed by atoms with E-state index in [9.17, 15) is 13.2 Å². The van der Waals surface area contributed by atoms with Gasteiger partial charge in [-0.1, -0.05) is 30.2 Å². The lowest BCUT2D eigenvalue weighted by Crippen LogP contribution is -2.16. The van der Waals surface area contributed by atoms with E-state index in [4.69, 9.17) is 0 Å². The minimum absolute atomic E-state index is 0.190. The quantitative estimate of drug-likeness (QED) is 0.481. The smallest absolute Gasteiger partial charge is 0.384 e. The number of halogens is 3. The van der Waals surface area contributed by atoms with Crippen molar-refractivity contribution in [2.24, 2.45) is 0 Å². The molecule has 0 saturated heterocycles. The van der Waals surface area contributed by atoms with Crippen LogP contribution in [-0.4, -0.2) is 33.1 Å². The summed E-state index contributed by atoms with van der Waals surface area (Å²) < 4.78 is 40.8. The summed E-state index contributed by atoms with van der Waals surface area (Å²) in [4.78, 5) is 2.14. The van der Waals surface area contributed by atoms with Gasteiger partial charge in [0.25, 0.3) is 0 Å². The Morgan fingerprint density at radius 2 is 1.90 bits per heavy atom. The number of hydrogen-bond donors (Lipinski definition) is 1. The van der Waals surface area contributed by atoms with Gasteiger partial charge in [-0.3, -0.25) is 4.40 Å². The Bertz CT molecular complexity index is 1140. The average molecular weight is 432 g/mol. The van der Waals surface area contributed by atoms with Gasteiger partial charge in [-0.15, -0.1) is 10.2 Å². The molecule has 0 bridgehead atoms. The van der Waals surface area contributed by atoms with E-state index in [-0.39, 0.29) is 5.65 Å². The molecule has 3 aromatic rings. The van der Waals surface area contributed by atoms with Crippen LogP contribution in [0.15, 0.2) is 53.5 Å². The fourth-order valence-electron chi connectivity index (χ4n) is 3.73. The number of anilines is 1. The molecule has 2 heterocycles. The van der Waals surface area contributed by atoms with Gasteiger partial charge in [0.1, 0.15) is 0 Å². The molecule has 5 nitrogen and oxygen atoms in total. The second kappa shape index (κ2) is 8.99. The Labute approximate surface area is 180 Å². The van der Waals surface area contributed by atoms with Crippen molar-refractivity contribution in [1.82, 2.24) is 19.5 Å². The number of allylic oxidation sites excluding steroid dienone is 2. The number of aromatic nitrogens is 3. The van der Waals surface area contributed by atoms with Crippen LogP contribution in [0.5, 0.6) is 0 Å². The number of nitrogens with zero attached hydrogens (tertiary/aromatic N) is 4. The maximum Gasteiger partial charge on any atom is 0.452 e. The first kappa shape index (κ1) is 22.7. The number of alkyl halides is 3. The van der Waals surface area contributed by atoms with Crippen LogP contribution < -0.4 is 5.32 Å². The van der Waals surface area contributed by atoms with E-state index in [1.807, 2.05) is 25.2 Å². The van der Waals surface area contributed by atoms with E-state index >= 15 is 0 Å². The van der Waals surface area contributed by atoms with E-state index in [1.54, 1.807) is 6.07 Å². The Hall–Kier alpha value is -3.03. The Kier molecular flexibility index (Phi) is 6.57. The highest BCUT2D eigenvalue weighted by Gasteiger charge is 2.37.